The lowest BCUT2D eigenvalue weighted by Gasteiger charge is -2.36. The zero-order valence-corrected chi connectivity index (χ0v) is 26.2. The smallest absolute Gasteiger partial charge is 0.416 e. The Hall–Kier alpha value is -5.21. The van der Waals surface area contributed by atoms with Gasteiger partial charge in [-0.3, -0.25) is 9.69 Å². The maximum Gasteiger partial charge on any atom is 0.416 e. The van der Waals surface area contributed by atoms with Crippen molar-refractivity contribution in [2.24, 2.45) is 0 Å². The van der Waals surface area contributed by atoms with Gasteiger partial charge in [-0.1, -0.05) is 103 Å². The van der Waals surface area contributed by atoms with Crippen LogP contribution in [0.5, 0.6) is 0 Å². The van der Waals surface area contributed by atoms with Gasteiger partial charge in [0.15, 0.2) is 0 Å². The average Bonchev–Trinajstić information content (AvgIpc) is 3.12. The Labute approximate surface area is 278 Å². The third kappa shape index (κ3) is 7.83. The summed E-state index contributed by atoms with van der Waals surface area (Å²) in [4.78, 5) is 28.9. The minimum atomic E-state index is -4.43. The number of carbonyl (C=O) groups is 2. The first-order valence-corrected chi connectivity index (χ1v) is 15.9. The fourth-order valence-corrected chi connectivity index (χ4v) is 6.24. The number of ether oxygens (including phenoxy) is 1. The standard InChI is InChI=1S/C40H35F3N2O3/c41-40(42,43)33-19-15-31(16-20-33)35-13-7-8-14-36(35)38(46)44-34-21-17-29(18-22-34)30-23-25-45(26-24-30)37(32-11-5-2-6-12-32)39(47)48-27-28-9-3-1-4-10-28/h1-22,30,37H,23-27H2,(H,44,46). The SMILES string of the molecule is O=C(Nc1ccc(C2CCN(C(C(=O)OCc3ccccc3)c3ccccc3)CC2)cc1)c1ccccc1-c1ccc(C(F)(F)F)cc1. The van der Waals surface area contributed by atoms with Gasteiger partial charge in [0.05, 0.1) is 5.56 Å². The lowest BCUT2D eigenvalue weighted by Crippen LogP contribution is -2.40. The Morgan fingerprint density at radius 3 is 2.00 bits per heavy atom. The summed E-state index contributed by atoms with van der Waals surface area (Å²) in [6.45, 7) is 1.68. The third-order valence-electron chi connectivity index (χ3n) is 8.79. The van der Waals surface area contributed by atoms with Crippen molar-refractivity contribution >= 4 is 17.6 Å². The number of hydrogen-bond donors (Lipinski definition) is 1. The second-order valence-electron chi connectivity index (χ2n) is 11.9. The Morgan fingerprint density at radius 2 is 1.35 bits per heavy atom. The van der Waals surface area contributed by atoms with Crippen LogP contribution in [0.4, 0.5) is 18.9 Å². The predicted molar refractivity (Wildman–Crippen MR) is 180 cm³/mol. The average molecular weight is 649 g/mol. The van der Waals surface area contributed by atoms with E-state index in [0.717, 1.165) is 54.8 Å². The molecule has 5 aromatic carbocycles. The van der Waals surface area contributed by atoms with E-state index in [4.69, 9.17) is 4.74 Å². The number of anilines is 1. The van der Waals surface area contributed by atoms with Crippen molar-refractivity contribution in [2.45, 2.75) is 37.6 Å². The molecule has 1 aliphatic heterocycles. The molecule has 1 atom stereocenters. The monoisotopic (exact) mass is 648 g/mol. The minimum Gasteiger partial charge on any atom is -0.459 e. The zero-order valence-electron chi connectivity index (χ0n) is 26.2. The Balaban J connectivity index is 1.08. The van der Waals surface area contributed by atoms with Gasteiger partial charge >= 0.3 is 12.1 Å². The van der Waals surface area contributed by atoms with E-state index in [2.05, 4.69) is 10.2 Å². The molecule has 1 aliphatic rings. The molecular formula is C40H35F3N2O3. The van der Waals surface area contributed by atoms with E-state index in [1.54, 1.807) is 24.3 Å². The topological polar surface area (TPSA) is 58.6 Å². The maximum absolute atomic E-state index is 13.4. The number of benzene rings is 5. The van der Waals surface area contributed by atoms with Gasteiger partial charge in [0.1, 0.15) is 12.6 Å². The van der Waals surface area contributed by atoms with Gasteiger partial charge in [-0.2, -0.15) is 13.2 Å². The number of halogens is 3. The maximum atomic E-state index is 13.4. The number of esters is 1. The van der Waals surface area contributed by atoms with Gasteiger partial charge in [0.25, 0.3) is 5.91 Å². The molecule has 1 heterocycles. The molecule has 244 valence electrons. The summed E-state index contributed by atoms with van der Waals surface area (Å²) in [6, 6.07) is 38.3. The van der Waals surface area contributed by atoms with E-state index in [9.17, 15) is 22.8 Å². The number of piperidine rings is 1. The molecule has 0 radical (unpaired) electrons. The molecule has 1 fully saturated rings. The lowest BCUT2D eigenvalue weighted by molar-refractivity contribution is -0.152. The first-order chi connectivity index (χ1) is 23.3. The quantitative estimate of drug-likeness (QED) is 0.162. The summed E-state index contributed by atoms with van der Waals surface area (Å²) in [6.07, 6.45) is -2.71. The van der Waals surface area contributed by atoms with Crippen LogP contribution in [-0.4, -0.2) is 29.9 Å². The Morgan fingerprint density at radius 1 is 0.750 bits per heavy atom. The number of alkyl halides is 3. The van der Waals surface area contributed by atoms with Crippen LogP contribution in [-0.2, 0) is 22.3 Å². The van der Waals surface area contributed by atoms with E-state index in [-0.39, 0.29) is 18.5 Å². The van der Waals surface area contributed by atoms with Crippen LogP contribution in [0.15, 0.2) is 133 Å². The highest BCUT2D eigenvalue weighted by atomic mass is 19.4. The van der Waals surface area contributed by atoms with Crippen molar-refractivity contribution in [3.63, 3.8) is 0 Å². The van der Waals surface area contributed by atoms with Gasteiger partial charge in [-0.25, -0.2) is 4.79 Å². The molecule has 5 nitrogen and oxygen atoms in total. The molecule has 1 N–H and O–H groups in total. The summed E-state index contributed by atoms with van der Waals surface area (Å²) >= 11 is 0. The first-order valence-electron chi connectivity index (χ1n) is 15.9. The van der Waals surface area contributed by atoms with Crippen molar-refractivity contribution in [1.29, 1.82) is 0 Å². The van der Waals surface area contributed by atoms with Gasteiger partial charge in [-0.05, 0) is 90.0 Å². The van der Waals surface area contributed by atoms with Crippen molar-refractivity contribution in [3.8, 4) is 11.1 Å². The first kappa shape index (κ1) is 32.7. The highest BCUT2D eigenvalue weighted by Crippen LogP contribution is 2.35. The van der Waals surface area contributed by atoms with Gasteiger partial charge in [0.2, 0.25) is 0 Å². The van der Waals surface area contributed by atoms with E-state index >= 15 is 0 Å². The fraction of sp³-hybridized carbons (Fsp3) is 0.200. The number of likely N-dealkylation sites (tertiary alicyclic amines) is 1. The Kier molecular flexibility index (Phi) is 10.0. The molecule has 6 rings (SSSR count). The molecule has 0 spiro atoms. The molecule has 5 aromatic rings. The normalized spacial score (nSPS) is 14.6. The van der Waals surface area contributed by atoms with Crippen LogP contribution in [0, 0.1) is 0 Å². The fourth-order valence-electron chi connectivity index (χ4n) is 6.24. The summed E-state index contributed by atoms with van der Waals surface area (Å²) in [7, 11) is 0. The van der Waals surface area contributed by atoms with Gasteiger partial charge in [-0.15, -0.1) is 0 Å². The summed E-state index contributed by atoms with van der Waals surface area (Å²) in [5, 5.41) is 2.93. The highest BCUT2D eigenvalue weighted by Gasteiger charge is 2.33. The van der Waals surface area contributed by atoms with Crippen LogP contribution in [0.1, 0.15) is 57.4 Å². The van der Waals surface area contributed by atoms with Crippen molar-refractivity contribution < 1.29 is 27.5 Å². The molecule has 1 saturated heterocycles. The molecule has 0 bridgehead atoms. The number of carbonyl (C=O) groups excluding carboxylic acids is 2. The highest BCUT2D eigenvalue weighted by molar-refractivity contribution is 6.08. The van der Waals surface area contributed by atoms with Gasteiger partial charge < -0.3 is 10.1 Å². The number of amides is 1. The van der Waals surface area contributed by atoms with Crippen LogP contribution in [0.3, 0.4) is 0 Å². The molecule has 48 heavy (non-hydrogen) atoms. The molecule has 8 heteroatoms. The molecular weight excluding hydrogens is 613 g/mol. The molecule has 1 unspecified atom stereocenters. The summed E-state index contributed by atoms with van der Waals surface area (Å²) in [5.74, 6) is -0.315. The second-order valence-corrected chi connectivity index (χ2v) is 11.9. The van der Waals surface area contributed by atoms with E-state index in [0.29, 0.717) is 28.3 Å². The molecule has 1 amide bonds. The van der Waals surface area contributed by atoms with Crippen LogP contribution in [0.25, 0.3) is 11.1 Å². The largest absolute Gasteiger partial charge is 0.459 e. The number of nitrogens with zero attached hydrogens (tertiary/aromatic N) is 1. The zero-order chi connectivity index (χ0) is 33.5. The Bertz CT molecular complexity index is 1820. The summed E-state index contributed by atoms with van der Waals surface area (Å²) in [5.41, 5.74) is 4.32. The van der Waals surface area contributed by atoms with Crippen molar-refractivity contribution in [1.82, 2.24) is 4.90 Å². The lowest BCUT2D eigenvalue weighted by atomic mass is 9.88. The van der Waals surface area contributed by atoms with Crippen molar-refractivity contribution in [2.75, 3.05) is 18.4 Å². The number of rotatable bonds is 9. The van der Waals surface area contributed by atoms with Crippen LogP contribution in [0.2, 0.25) is 0 Å². The third-order valence-corrected chi connectivity index (χ3v) is 8.79. The van der Waals surface area contributed by atoms with E-state index < -0.39 is 17.8 Å². The van der Waals surface area contributed by atoms with E-state index in [1.165, 1.54) is 12.1 Å². The van der Waals surface area contributed by atoms with Crippen molar-refractivity contribution in [3.05, 3.63) is 161 Å². The van der Waals surface area contributed by atoms with E-state index in [1.807, 2.05) is 84.9 Å². The second kappa shape index (κ2) is 14.7. The van der Waals surface area contributed by atoms with Crippen LogP contribution < -0.4 is 5.32 Å². The number of nitrogens with one attached hydrogen (secondary N) is 1. The van der Waals surface area contributed by atoms with Gasteiger partial charge in [0, 0.05) is 11.3 Å². The molecule has 0 aromatic heterocycles. The predicted octanol–water partition coefficient (Wildman–Crippen LogP) is 9.29. The summed E-state index contributed by atoms with van der Waals surface area (Å²) < 4.78 is 44.9. The van der Waals surface area contributed by atoms with Crippen LogP contribution >= 0.6 is 0 Å². The molecule has 0 saturated carbocycles. The molecule has 0 aliphatic carbocycles. The number of hydrogen-bond acceptors (Lipinski definition) is 4. The minimum absolute atomic E-state index is 0.225.